The molecule has 5 heteroatoms. The summed E-state index contributed by atoms with van der Waals surface area (Å²) in [6.07, 6.45) is 3.15. The monoisotopic (exact) mass is 239 g/mol. The molecule has 2 heterocycles. The van der Waals surface area contributed by atoms with E-state index >= 15 is 0 Å². The van der Waals surface area contributed by atoms with Crippen LogP contribution in [0, 0.1) is 0 Å². The Hall–Kier alpha value is -2.43. The van der Waals surface area contributed by atoms with Crippen molar-refractivity contribution in [2.45, 2.75) is 13.0 Å². The molecule has 18 heavy (non-hydrogen) atoms. The first-order valence-electron chi connectivity index (χ1n) is 5.80. The van der Waals surface area contributed by atoms with Gasteiger partial charge in [-0.05, 0) is 12.5 Å². The van der Waals surface area contributed by atoms with Crippen molar-refractivity contribution in [1.29, 1.82) is 0 Å². The highest BCUT2D eigenvalue weighted by atomic mass is 15.1. The summed E-state index contributed by atoms with van der Waals surface area (Å²) in [4.78, 5) is 15.5. The molecule has 0 amide bonds. The lowest BCUT2D eigenvalue weighted by Crippen LogP contribution is -2.08. The van der Waals surface area contributed by atoms with Crippen molar-refractivity contribution in [1.82, 2.24) is 19.9 Å². The molecule has 0 saturated heterocycles. The summed E-state index contributed by atoms with van der Waals surface area (Å²) >= 11 is 0. The van der Waals surface area contributed by atoms with E-state index in [0.717, 1.165) is 17.0 Å². The molecule has 0 saturated carbocycles. The molecule has 3 rings (SSSR count). The Bertz CT molecular complexity index is 647. The molecule has 5 nitrogen and oxygen atoms in total. The summed E-state index contributed by atoms with van der Waals surface area (Å²) in [6.45, 7) is 2.09. The number of H-pyrrole nitrogens is 1. The average molecular weight is 239 g/mol. The maximum atomic E-state index is 4.24. The second kappa shape index (κ2) is 4.44. The number of nitrogens with zero attached hydrogens (tertiary/aromatic N) is 3. The van der Waals surface area contributed by atoms with Gasteiger partial charge in [-0.3, -0.25) is 0 Å². The van der Waals surface area contributed by atoms with Gasteiger partial charge in [0.1, 0.15) is 11.8 Å². The molecule has 0 aliphatic carbocycles. The van der Waals surface area contributed by atoms with Gasteiger partial charge in [0.25, 0.3) is 0 Å². The molecular formula is C13H13N5. The molecule has 2 aromatic heterocycles. The minimum Gasteiger partial charge on any atom is -0.362 e. The Morgan fingerprint density at radius 3 is 2.78 bits per heavy atom. The number of aromatic nitrogens is 4. The van der Waals surface area contributed by atoms with Gasteiger partial charge in [-0.1, -0.05) is 30.3 Å². The molecule has 0 aliphatic heterocycles. The van der Waals surface area contributed by atoms with Crippen LogP contribution in [0.4, 0.5) is 5.82 Å². The summed E-state index contributed by atoms with van der Waals surface area (Å²) in [5, 5.41) is 3.35. The number of benzene rings is 1. The zero-order valence-electron chi connectivity index (χ0n) is 9.96. The van der Waals surface area contributed by atoms with Crippen LogP contribution in [0.2, 0.25) is 0 Å². The van der Waals surface area contributed by atoms with E-state index in [4.69, 9.17) is 0 Å². The van der Waals surface area contributed by atoms with Crippen molar-refractivity contribution in [2.24, 2.45) is 0 Å². The van der Waals surface area contributed by atoms with E-state index in [1.54, 1.807) is 6.33 Å². The van der Waals surface area contributed by atoms with E-state index in [0.29, 0.717) is 0 Å². The Labute approximate surface area is 104 Å². The van der Waals surface area contributed by atoms with Gasteiger partial charge < -0.3 is 10.3 Å². The first-order valence-corrected chi connectivity index (χ1v) is 5.80. The van der Waals surface area contributed by atoms with Crippen LogP contribution in [-0.4, -0.2) is 19.9 Å². The predicted octanol–water partition coefficient (Wildman–Crippen LogP) is 2.53. The van der Waals surface area contributed by atoms with Crippen LogP contribution in [0.1, 0.15) is 18.5 Å². The number of hydrogen-bond donors (Lipinski definition) is 2. The maximum absolute atomic E-state index is 4.24. The zero-order chi connectivity index (χ0) is 12.4. The van der Waals surface area contributed by atoms with Crippen molar-refractivity contribution < 1.29 is 0 Å². The lowest BCUT2D eigenvalue weighted by molar-refractivity contribution is 0.875. The van der Waals surface area contributed by atoms with Crippen molar-refractivity contribution in [3.63, 3.8) is 0 Å². The molecule has 2 N–H and O–H groups in total. The first kappa shape index (κ1) is 10.7. The molecular weight excluding hydrogens is 226 g/mol. The van der Waals surface area contributed by atoms with E-state index < -0.39 is 0 Å². The number of hydrogen-bond acceptors (Lipinski definition) is 4. The molecule has 90 valence electrons. The van der Waals surface area contributed by atoms with Crippen molar-refractivity contribution in [3.8, 4) is 0 Å². The van der Waals surface area contributed by atoms with Crippen LogP contribution < -0.4 is 5.32 Å². The lowest BCUT2D eigenvalue weighted by atomic mass is 10.1. The summed E-state index contributed by atoms with van der Waals surface area (Å²) < 4.78 is 0. The average Bonchev–Trinajstić information content (AvgIpc) is 2.89. The molecule has 0 unspecified atom stereocenters. The Morgan fingerprint density at radius 1 is 1.11 bits per heavy atom. The zero-order valence-corrected chi connectivity index (χ0v) is 9.96. The minimum absolute atomic E-state index is 0.168. The van der Waals surface area contributed by atoms with Crippen LogP contribution in [0.15, 0.2) is 43.0 Å². The Morgan fingerprint density at radius 2 is 1.94 bits per heavy atom. The Balaban J connectivity index is 1.91. The topological polar surface area (TPSA) is 66.5 Å². The van der Waals surface area contributed by atoms with Crippen LogP contribution in [0.3, 0.4) is 0 Å². The predicted molar refractivity (Wildman–Crippen MR) is 70.2 cm³/mol. The van der Waals surface area contributed by atoms with Gasteiger partial charge >= 0.3 is 0 Å². The van der Waals surface area contributed by atoms with Gasteiger partial charge in [0.2, 0.25) is 0 Å². The summed E-state index contributed by atoms with van der Waals surface area (Å²) in [7, 11) is 0. The smallest absolute Gasteiger partial charge is 0.162 e. The van der Waals surface area contributed by atoms with Gasteiger partial charge in [-0.15, -0.1) is 0 Å². The Kier molecular flexibility index (Phi) is 2.64. The van der Waals surface area contributed by atoms with E-state index in [-0.39, 0.29) is 6.04 Å². The molecule has 0 bridgehead atoms. The van der Waals surface area contributed by atoms with Crippen molar-refractivity contribution in [2.75, 3.05) is 5.32 Å². The third kappa shape index (κ3) is 1.90. The second-order valence-corrected chi connectivity index (χ2v) is 4.10. The number of fused-ring (bicyclic) bond motifs is 1. The van der Waals surface area contributed by atoms with Gasteiger partial charge in [0, 0.05) is 0 Å². The molecule has 0 fully saturated rings. The van der Waals surface area contributed by atoms with Crippen LogP contribution in [0.5, 0.6) is 0 Å². The fourth-order valence-electron chi connectivity index (χ4n) is 1.90. The molecule has 0 aliphatic rings. The van der Waals surface area contributed by atoms with E-state index in [1.165, 1.54) is 11.9 Å². The number of imidazole rings is 1. The second-order valence-electron chi connectivity index (χ2n) is 4.10. The highest BCUT2D eigenvalue weighted by molar-refractivity contribution is 5.82. The van der Waals surface area contributed by atoms with Gasteiger partial charge in [-0.2, -0.15) is 0 Å². The molecule has 0 spiro atoms. The summed E-state index contributed by atoms with van der Waals surface area (Å²) in [5.41, 5.74) is 2.72. The van der Waals surface area contributed by atoms with Gasteiger partial charge in [0.15, 0.2) is 11.5 Å². The highest BCUT2D eigenvalue weighted by Gasteiger charge is 2.10. The minimum atomic E-state index is 0.168. The van der Waals surface area contributed by atoms with E-state index in [9.17, 15) is 0 Å². The lowest BCUT2D eigenvalue weighted by Gasteiger charge is -2.14. The number of aromatic amines is 1. The summed E-state index contributed by atoms with van der Waals surface area (Å²) in [6, 6.07) is 10.4. The third-order valence-electron chi connectivity index (χ3n) is 2.87. The molecule has 3 aromatic rings. The fourth-order valence-corrected chi connectivity index (χ4v) is 1.90. The maximum Gasteiger partial charge on any atom is 0.162 e. The van der Waals surface area contributed by atoms with Gasteiger partial charge in [-0.25, -0.2) is 15.0 Å². The normalized spacial score (nSPS) is 12.5. The quantitative estimate of drug-likeness (QED) is 0.737. The third-order valence-corrected chi connectivity index (χ3v) is 2.87. The number of nitrogens with one attached hydrogen (secondary N) is 2. The SMILES string of the molecule is C[C@H](Nc1ncnc2[nH]cnc12)c1ccccc1. The van der Waals surface area contributed by atoms with Crippen LogP contribution in [-0.2, 0) is 0 Å². The van der Waals surface area contributed by atoms with Crippen LogP contribution in [0.25, 0.3) is 11.2 Å². The van der Waals surface area contributed by atoms with Crippen molar-refractivity contribution >= 4 is 17.0 Å². The van der Waals surface area contributed by atoms with Crippen molar-refractivity contribution in [3.05, 3.63) is 48.5 Å². The number of anilines is 1. The fraction of sp³-hybridized carbons (Fsp3) is 0.154. The van der Waals surface area contributed by atoms with E-state index in [2.05, 4.69) is 44.3 Å². The molecule has 1 atom stereocenters. The number of rotatable bonds is 3. The summed E-state index contributed by atoms with van der Waals surface area (Å²) in [5.74, 6) is 0.748. The van der Waals surface area contributed by atoms with E-state index in [1.807, 2.05) is 18.2 Å². The van der Waals surface area contributed by atoms with Gasteiger partial charge in [0.05, 0.1) is 12.4 Å². The standard InChI is InChI=1S/C13H13N5/c1-9(10-5-3-2-4-6-10)18-13-11-12(15-7-14-11)16-8-17-13/h2-9H,1H3,(H2,14,15,16,17,18)/t9-/m0/s1. The first-order chi connectivity index (χ1) is 8.84. The highest BCUT2D eigenvalue weighted by Crippen LogP contribution is 2.21. The molecule has 0 radical (unpaired) electrons. The largest absolute Gasteiger partial charge is 0.362 e. The molecule has 1 aromatic carbocycles. The van der Waals surface area contributed by atoms with Crippen LogP contribution >= 0.6 is 0 Å².